The minimum Gasteiger partial charge on any atom is -0.244 e. The zero-order valence-corrected chi connectivity index (χ0v) is 16.4. The predicted octanol–water partition coefficient (Wildman–Crippen LogP) is 7.37. The molecule has 0 aliphatic heterocycles. The highest BCUT2D eigenvalue weighted by atomic mass is 19.3. The van der Waals surface area contributed by atoms with Gasteiger partial charge in [0.2, 0.25) is 0 Å². The molecule has 0 bridgehead atoms. The quantitative estimate of drug-likeness (QED) is 0.449. The van der Waals surface area contributed by atoms with Gasteiger partial charge >= 0.3 is 0 Å². The van der Waals surface area contributed by atoms with Crippen molar-refractivity contribution in [3.8, 4) is 0 Å². The van der Waals surface area contributed by atoms with Crippen LogP contribution < -0.4 is 0 Å². The Balaban J connectivity index is 1.49. The van der Waals surface area contributed by atoms with Crippen molar-refractivity contribution in [1.29, 1.82) is 0 Å². The topological polar surface area (TPSA) is 0 Å². The summed E-state index contributed by atoms with van der Waals surface area (Å²) in [6, 6.07) is 0. The third-order valence-electron chi connectivity index (χ3n) is 7.88. The molecule has 0 saturated heterocycles. The molecular formula is C22H36F4. The van der Waals surface area contributed by atoms with Gasteiger partial charge in [0.1, 0.15) is 12.3 Å². The Morgan fingerprint density at radius 1 is 0.731 bits per heavy atom. The lowest BCUT2D eigenvalue weighted by molar-refractivity contribution is -0.102. The molecule has 0 N–H and O–H groups in total. The molecule has 0 spiro atoms. The van der Waals surface area contributed by atoms with Gasteiger partial charge < -0.3 is 0 Å². The van der Waals surface area contributed by atoms with Crippen LogP contribution in [0.5, 0.6) is 0 Å². The normalized spacial score (nSPS) is 45.5. The summed E-state index contributed by atoms with van der Waals surface area (Å²) in [6.07, 6.45) is 5.00. The molecule has 152 valence electrons. The molecular weight excluding hydrogens is 340 g/mol. The van der Waals surface area contributed by atoms with Crippen LogP contribution in [0.3, 0.4) is 0 Å². The zero-order chi connectivity index (χ0) is 18.9. The van der Waals surface area contributed by atoms with Gasteiger partial charge in [-0.3, -0.25) is 0 Å². The second kappa shape index (κ2) is 8.39. The smallest absolute Gasteiger partial charge is 0.244 e. The van der Waals surface area contributed by atoms with Gasteiger partial charge in [-0.05, 0) is 81.0 Å². The van der Waals surface area contributed by atoms with E-state index >= 15 is 0 Å². The van der Waals surface area contributed by atoms with Crippen LogP contribution in [0.1, 0.15) is 84.5 Å². The molecule has 26 heavy (non-hydrogen) atoms. The summed E-state index contributed by atoms with van der Waals surface area (Å²) in [6.45, 7) is 3.98. The maximum atomic E-state index is 14.8. The van der Waals surface area contributed by atoms with E-state index < -0.39 is 24.2 Å². The maximum absolute atomic E-state index is 14.8. The van der Waals surface area contributed by atoms with E-state index in [1.807, 2.05) is 0 Å². The molecule has 4 atom stereocenters. The first-order valence-electron chi connectivity index (χ1n) is 10.9. The third-order valence-corrected chi connectivity index (χ3v) is 7.88. The molecule has 0 aromatic carbocycles. The first-order valence-corrected chi connectivity index (χ1v) is 10.9. The number of halogens is 4. The van der Waals surface area contributed by atoms with Crippen LogP contribution in [0.25, 0.3) is 0 Å². The summed E-state index contributed by atoms with van der Waals surface area (Å²) < 4.78 is 58.1. The third kappa shape index (κ3) is 4.58. The molecule has 3 aliphatic carbocycles. The first-order chi connectivity index (χ1) is 12.3. The summed E-state index contributed by atoms with van der Waals surface area (Å²) in [7, 11) is 0. The molecule has 0 radical (unpaired) electrons. The van der Waals surface area contributed by atoms with E-state index in [-0.39, 0.29) is 30.1 Å². The highest BCUT2D eigenvalue weighted by molar-refractivity contribution is 4.93. The monoisotopic (exact) mass is 376 g/mol. The molecule has 3 rings (SSSR count). The van der Waals surface area contributed by atoms with Crippen molar-refractivity contribution < 1.29 is 17.6 Å². The van der Waals surface area contributed by atoms with E-state index in [4.69, 9.17) is 0 Å². The second-order valence-electron chi connectivity index (χ2n) is 9.81. The summed E-state index contributed by atoms with van der Waals surface area (Å²) in [5, 5.41) is 0. The average molecular weight is 377 g/mol. The van der Waals surface area contributed by atoms with Gasteiger partial charge in [0.05, 0.1) is 0 Å². The van der Waals surface area contributed by atoms with Crippen LogP contribution in [0, 0.1) is 35.5 Å². The van der Waals surface area contributed by atoms with Crippen LogP contribution in [0.2, 0.25) is 0 Å². The Morgan fingerprint density at radius 3 is 1.96 bits per heavy atom. The zero-order valence-electron chi connectivity index (χ0n) is 16.4. The van der Waals surface area contributed by atoms with Gasteiger partial charge in [-0.2, -0.15) is 0 Å². The van der Waals surface area contributed by atoms with E-state index in [0.29, 0.717) is 31.6 Å². The summed E-state index contributed by atoms with van der Waals surface area (Å²) in [5.74, 6) is -2.66. The molecule has 3 fully saturated rings. The van der Waals surface area contributed by atoms with Gasteiger partial charge in [-0.25, -0.2) is 17.6 Å². The van der Waals surface area contributed by atoms with Gasteiger partial charge in [0.25, 0.3) is 5.92 Å². The Morgan fingerprint density at radius 2 is 1.35 bits per heavy atom. The molecule has 4 unspecified atom stereocenters. The number of hydrogen-bond acceptors (Lipinski definition) is 0. The minimum atomic E-state index is -2.59. The van der Waals surface area contributed by atoms with Crippen LogP contribution in [0.4, 0.5) is 17.6 Å². The molecule has 4 heteroatoms. The fraction of sp³-hybridized carbons (Fsp3) is 1.00. The summed E-state index contributed by atoms with van der Waals surface area (Å²) >= 11 is 0. The molecule has 0 heterocycles. The van der Waals surface area contributed by atoms with Crippen molar-refractivity contribution in [2.45, 2.75) is 103 Å². The van der Waals surface area contributed by atoms with Crippen LogP contribution in [-0.4, -0.2) is 18.3 Å². The first kappa shape index (κ1) is 20.5. The highest BCUT2D eigenvalue weighted by Crippen LogP contribution is 2.48. The van der Waals surface area contributed by atoms with E-state index in [1.165, 1.54) is 0 Å². The minimum absolute atomic E-state index is 0.0360. The van der Waals surface area contributed by atoms with Crippen molar-refractivity contribution in [2.75, 3.05) is 0 Å². The van der Waals surface area contributed by atoms with Crippen molar-refractivity contribution in [3.05, 3.63) is 0 Å². The Bertz CT molecular complexity index is 435. The predicted molar refractivity (Wildman–Crippen MR) is 97.8 cm³/mol. The average Bonchev–Trinajstić information content (AvgIpc) is 2.62. The molecule has 0 nitrogen and oxygen atoms in total. The largest absolute Gasteiger partial charge is 0.251 e. The van der Waals surface area contributed by atoms with Crippen molar-refractivity contribution in [3.63, 3.8) is 0 Å². The van der Waals surface area contributed by atoms with Crippen LogP contribution in [0.15, 0.2) is 0 Å². The van der Waals surface area contributed by atoms with Gasteiger partial charge in [-0.15, -0.1) is 0 Å². The van der Waals surface area contributed by atoms with Crippen LogP contribution in [-0.2, 0) is 0 Å². The van der Waals surface area contributed by atoms with E-state index in [0.717, 1.165) is 38.5 Å². The van der Waals surface area contributed by atoms with E-state index in [9.17, 15) is 17.6 Å². The lowest BCUT2D eigenvalue weighted by Crippen LogP contribution is -2.42. The highest BCUT2D eigenvalue weighted by Gasteiger charge is 2.47. The molecule has 0 aromatic heterocycles. The lowest BCUT2D eigenvalue weighted by Gasteiger charge is -2.42. The van der Waals surface area contributed by atoms with Gasteiger partial charge in [-0.1, -0.05) is 26.7 Å². The lowest BCUT2D eigenvalue weighted by atomic mass is 9.66. The van der Waals surface area contributed by atoms with Gasteiger partial charge in [0, 0.05) is 12.3 Å². The Kier molecular flexibility index (Phi) is 6.60. The number of hydrogen-bond donors (Lipinski definition) is 0. The maximum Gasteiger partial charge on any atom is 0.251 e. The molecule has 3 saturated carbocycles. The standard InChI is InChI=1S/C22H36F4/c1-14-3-6-16(7-4-14)13-22(25,26)18-10-8-17(9-11-18)19-12-5-15(2)20(23)21(19)24/h14-21H,3-13H2,1-2H3. The fourth-order valence-electron chi connectivity index (χ4n) is 5.87. The van der Waals surface area contributed by atoms with Crippen LogP contribution >= 0.6 is 0 Å². The second-order valence-corrected chi connectivity index (χ2v) is 9.81. The SMILES string of the molecule is CC1CCC(CC(F)(F)C2CCC(C3CCC(C)C(F)C3F)CC2)CC1. The molecule has 0 aromatic rings. The Hall–Kier alpha value is -0.280. The molecule has 3 aliphatic rings. The Labute approximate surface area is 156 Å². The summed E-state index contributed by atoms with van der Waals surface area (Å²) in [5.41, 5.74) is 0. The number of rotatable bonds is 4. The van der Waals surface area contributed by atoms with Crippen molar-refractivity contribution >= 4 is 0 Å². The van der Waals surface area contributed by atoms with Crippen molar-refractivity contribution in [2.24, 2.45) is 35.5 Å². The van der Waals surface area contributed by atoms with E-state index in [2.05, 4.69) is 6.92 Å². The summed E-state index contributed by atoms with van der Waals surface area (Å²) in [4.78, 5) is 0. The van der Waals surface area contributed by atoms with Crippen molar-refractivity contribution in [1.82, 2.24) is 0 Å². The van der Waals surface area contributed by atoms with E-state index in [1.54, 1.807) is 6.92 Å². The molecule has 0 amide bonds. The number of alkyl halides is 4. The fourth-order valence-corrected chi connectivity index (χ4v) is 5.87. The van der Waals surface area contributed by atoms with Gasteiger partial charge in [0.15, 0.2) is 0 Å².